The second-order valence-corrected chi connectivity index (χ2v) is 7.52. The van der Waals surface area contributed by atoms with Crippen molar-refractivity contribution in [3.63, 3.8) is 0 Å². The summed E-state index contributed by atoms with van der Waals surface area (Å²) in [5.74, 6) is 0. The van der Waals surface area contributed by atoms with Crippen molar-refractivity contribution in [2.45, 2.75) is 30.4 Å². The number of halogens is 1. The maximum atomic E-state index is 15.8. The fourth-order valence-electron chi connectivity index (χ4n) is 3.39. The average Bonchev–Trinajstić information content (AvgIpc) is 3.07. The van der Waals surface area contributed by atoms with Crippen LogP contribution in [0.1, 0.15) is 12.6 Å². The van der Waals surface area contributed by atoms with Crippen LogP contribution in [0.3, 0.4) is 0 Å². The van der Waals surface area contributed by atoms with Gasteiger partial charge in [0.1, 0.15) is 18.3 Å². The Hall–Kier alpha value is -2.02. The number of hydrogen-bond donors (Lipinski definition) is 2. The molecule has 0 saturated carbocycles. The first-order valence-corrected chi connectivity index (χ1v) is 8.88. The Morgan fingerprint density at radius 3 is 3.04 bits per heavy atom. The van der Waals surface area contributed by atoms with Gasteiger partial charge in [-0.1, -0.05) is 0 Å². The Morgan fingerprint density at radius 1 is 1.56 bits per heavy atom. The molecule has 0 spiro atoms. The molecule has 4 rings (SSSR count). The van der Waals surface area contributed by atoms with E-state index in [1.54, 1.807) is 12.1 Å². The van der Waals surface area contributed by atoms with Gasteiger partial charge in [-0.25, -0.2) is 13.5 Å². The van der Waals surface area contributed by atoms with E-state index >= 15 is 4.39 Å². The Labute approximate surface area is 141 Å². The van der Waals surface area contributed by atoms with Crippen LogP contribution in [0.5, 0.6) is 0 Å². The van der Waals surface area contributed by atoms with Crippen LogP contribution in [-0.2, 0) is 24.0 Å². The topological polar surface area (TPSA) is 132 Å². The monoisotopic (exact) mass is 368 g/mol. The number of aromatic nitrogens is 2. The molecule has 2 fully saturated rings. The molecule has 2 aromatic rings. The maximum absolute atomic E-state index is 15.8. The molecule has 11 heteroatoms. The highest BCUT2D eigenvalue weighted by molar-refractivity contribution is 7.47. The van der Waals surface area contributed by atoms with Crippen LogP contribution in [0.15, 0.2) is 24.4 Å². The highest BCUT2D eigenvalue weighted by Gasteiger charge is 2.70. The molecule has 132 valence electrons. The van der Waals surface area contributed by atoms with Gasteiger partial charge in [0, 0.05) is 6.20 Å². The molecule has 2 aliphatic rings. The number of fused-ring (bicyclic) bond motifs is 2. The molecule has 0 bridgehead atoms. The molecule has 3 N–H and O–H groups in total. The van der Waals surface area contributed by atoms with Gasteiger partial charge in [0.2, 0.25) is 5.60 Å². The zero-order valence-corrected chi connectivity index (χ0v) is 13.9. The van der Waals surface area contributed by atoms with Crippen LogP contribution in [0, 0.1) is 11.3 Å². The minimum Gasteiger partial charge on any atom is -0.397 e. The molecule has 2 saturated heterocycles. The SMILES string of the molecule is C[C@@]1(F)[C@@H]2OP(=O)(O)OC[C@H]2O[C@@]1(C#N)c1ccc2c(N)ccnn12. The number of nitriles is 1. The molecular formula is C14H14FN4O5P. The van der Waals surface area contributed by atoms with Gasteiger partial charge < -0.3 is 15.4 Å². The van der Waals surface area contributed by atoms with E-state index in [0.717, 1.165) is 6.92 Å². The van der Waals surface area contributed by atoms with Gasteiger partial charge in [0.15, 0.2) is 5.67 Å². The summed E-state index contributed by atoms with van der Waals surface area (Å²) in [6.45, 7) is 0.720. The molecule has 5 atom stereocenters. The van der Waals surface area contributed by atoms with E-state index in [-0.39, 0.29) is 12.3 Å². The predicted molar refractivity (Wildman–Crippen MR) is 81.9 cm³/mol. The standard InChI is InChI=1S/C14H14FN4O5P/c1-13(15)12-10(6-22-25(20,21)24-12)23-14(13,7-16)11-3-2-9-8(17)4-5-18-19(9)11/h2-5,10,12H,6,17H2,1H3,(H,20,21)/t10-,12-,13-,14+/m1/s1. The largest absolute Gasteiger partial charge is 0.472 e. The highest BCUT2D eigenvalue weighted by atomic mass is 31.2. The van der Waals surface area contributed by atoms with Crippen LogP contribution >= 0.6 is 7.82 Å². The van der Waals surface area contributed by atoms with Crippen molar-refractivity contribution in [3.8, 4) is 6.07 Å². The Bertz CT molecular complexity index is 956. The predicted octanol–water partition coefficient (Wildman–Crippen LogP) is 1.28. The van der Waals surface area contributed by atoms with Crippen LogP contribution in [-0.4, -0.2) is 39.0 Å². The summed E-state index contributed by atoms with van der Waals surface area (Å²) in [7, 11) is -4.41. The molecule has 2 aliphatic heterocycles. The van der Waals surface area contributed by atoms with Crippen molar-refractivity contribution >= 4 is 19.0 Å². The maximum Gasteiger partial charge on any atom is 0.472 e. The van der Waals surface area contributed by atoms with Gasteiger partial charge in [0.05, 0.1) is 23.5 Å². The van der Waals surface area contributed by atoms with E-state index in [1.807, 2.05) is 6.07 Å². The van der Waals surface area contributed by atoms with Gasteiger partial charge in [-0.3, -0.25) is 9.05 Å². The molecule has 9 nitrogen and oxygen atoms in total. The van der Waals surface area contributed by atoms with E-state index < -0.39 is 31.3 Å². The van der Waals surface area contributed by atoms with Crippen LogP contribution < -0.4 is 5.73 Å². The lowest BCUT2D eigenvalue weighted by Gasteiger charge is -2.33. The van der Waals surface area contributed by atoms with Crippen molar-refractivity contribution in [1.29, 1.82) is 5.26 Å². The number of phosphoric acid groups is 1. The smallest absolute Gasteiger partial charge is 0.397 e. The molecule has 25 heavy (non-hydrogen) atoms. The number of alkyl halides is 1. The third-order valence-electron chi connectivity index (χ3n) is 4.64. The number of nitrogens with two attached hydrogens (primary N) is 1. The zero-order valence-electron chi connectivity index (χ0n) is 13.0. The van der Waals surface area contributed by atoms with Crippen molar-refractivity contribution in [2.75, 3.05) is 12.3 Å². The number of phosphoric ester groups is 1. The van der Waals surface area contributed by atoms with Crippen LogP contribution in [0.25, 0.3) is 5.52 Å². The van der Waals surface area contributed by atoms with Gasteiger partial charge in [0.25, 0.3) is 0 Å². The number of hydrogen-bond acceptors (Lipinski definition) is 7. The summed E-state index contributed by atoms with van der Waals surface area (Å²) in [4.78, 5) is 9.51. The summed E-state index contributed by atoms with van der Waals surface area (Å²) < 4.78 is 44.0. The van der Waals surface area contributed by atoms with Gasteiger partial charge in [-0.05, 0) is 25.1 Å². The quantitative estimate of drug-likeness (QED) is 0.720. The third-order valence-corrected chi connectivity index (χ3v) is 5.61. The van der Waals surface area contributed by atoms with Gasteiger partial charge in [-0.15, -0.1) is 0 Å². The number of nitrogens with zero attached hydrogens (tertiary/aromatic N) is 3. The molecular weight excluding hydrogens is 354 g/mol. The summed E-state index contributed by atoms with van der Waals surface area (Å²) in [5.41, 5.74) is 2.29. The molecule has 1 unspecified atom stereocenters. The molecule has 0 amide bonds. The summed E-state index contributed by atoms with van der Waals surface area (Å²) in [5, 5.41) is 13.9. The van der Waals surface area contributed by atoms with E-state index in [4.69, 9.17) is 15.0 Å². The minimum atomic E-state index is -4.41. The fourth-order valence-corrected chi connectivity index (χ4v) is 4.41. The average molecular weight is 368 g/mol. The van der Waals surface area contributed by atoms with Gasteiger partial charge >= 0.3 is 7.82 Å². The lowest BCUT2D eigenvalue weighted by atomic mass is 9.82. The second kappa shape index (κ2) is 5.00. The number of ether oxygens (including phenoxy) is 1. The van der Waals surface area contributed by atoms with Crippen molar-refractivity contribution < 1.29 is 27.6 Å². The Morgan fingerprint density at radius 2 is 2.32 bits per heavy atom. The number of anilines is 1. The van der Waals surface area contributed by atoms with E-state index in [9.17, 15) is 14.7 Å². The zero-order chi connectivity index (χ0) is 18.0. The lowest BCUT2D eigenvalue weighted by Crippen LogP contribution is -2.50. The summed E-state index contributed by atoms with van der Waals surface area (Å²) in [6, 6.07) is 6.50. The summed E-state index contributed by atoms with van der Waals surface area (Å²) >= 11 is 0. The molecule has 0 aromatic carbocycles. The molecule has 2 aromatic heterocycles. The van der Waals surface area contributed by atoms with E-state index in [2.05, 4.69) is 9.62 Å². The normalized spacial score (nSPS) is 40.7. The van der Waals surface area contributed by atoms with Crippen LogP contribution in [0.2, 0.25) is 0 Å². The van der Waals surface area contributed by atoms with Crippen molar-refractivity contribution in [1.82, 2.24) is 9.61 Å². The second-order valence-electron chi connectivity index (χ2n) is 6.12. The lowest BCUT2D eigenvalue weighted by molar-refractivity contribution is -0.0761. The first-order chi connectivity index (χ1) is 11.7. The van der Waals surface area contributed by atoms with Crippen molar-refractivity contribution in [2.24, 2.45) is 0 Å². The molecule has 0 radical (unpaired) electrons. The highest BCUT2D eigenvalue weighted by Crippen LogP contribution is 2.59. The first kappa shape index (κ1) is 16.4. The van der Waals surface area contributed by atoms with Gasteiger partial charge in [-0.2, -0.15) is 10.4 Å². The first-order valence-electron chi connectivity index (χ1n) is 7.38. The van der Waals surface area contributed by atoms with Crippen LogP contribution in [0.4, 0.5) is 10.1 Å². The van der Waals surface area contributed by atoms with E-state index in [1.165, 1.54) is 16.8 Å². The summed E-state index contributed by atoms with van der Waals surface area (Å²) in [6.07, 6.45) is -1.07. The molecule has 0 aliphatic carbocycles. The van der Waals surface area contributed by atoms with E-state index in [0.29, 0.717) is 11.2 Å². The Kier molecular flexibility index (Phi) is 3.29. The molecule has 4 heterocycles. The minimum absolute atomic E-state index is 0.105. The number of rotatable bonds is 1. The number of nitrogen functional groups attached to an aromatic ring is 1. The third kappa shape index (κ3) is 2.08. The van der Waals surface area contributed by atoms with Crippen molar-refractivity contribution in [3.05, 3.63) is 30.1 Å². The Balaban J connectivity index is 1.91. The fraction of sp³-hybridized carbons (Fsp3) is 0.429.